The molecule has 1 amide bonds. The maximum Gasteiger partial charge on any atom is 0.357 e. The van der Waals surface area contributed by atoms with Crippen molar-refractivity contribution in [3.05, 3.63) is 17.5 Å². The van der Waals surface area contributed by atoms with Gasteiger partial charge in [0.05, 0.1) is 5.56 Å². The van der Waals surface area contributed by atoms with Crippen LogP contribution in [0.4, 0.5) is 0 Å². The molecule has 0 saturated heterocycles. The summed E-state index contributed by atoms with van der Waals surface area (Å²) in [5, 5.41) is 15.3. The van der Waals surface area contributed by atoms with Crippen molar-refractivity contribution in [1.29, 1.82) is 0 Å². The van der Waals surface area contributed by atoms with Crippen molar-refractivity contribution in [3.8, 4) is 0 Å². The molecule has 6 nitrogen and oxygen atoms in total. The third kappa shape index (κ3) is 1.98. The highest BCUT2D eigenvalue weighted by Gasteiger charge is 2.27. The number of rotatable bonds is 3. The fourth-order valence-corrected chi connectivity index (χ4v) is 1.30. The molecular weight excluding hydrogens is 198 g/mol. The molecule has 80 valence electrons. The van der Waals surface area contributed by atoms with Crippen LogP contribution in [0.5, 0.6) is 0 Å². The van der Waals surface area contributed by atoms with E-state index >= 15 is 0 Å². The summed E-state index contributed by atoms with van der Waals surface area (Å²) >= 11 is 0. The highest BCUT2D eigenvalue weighted by atomic mass is 16.4. The lowest BCUT2D eigenvalue weighted by Gasteiger charge is -2.00. The summed E-state index contributed by atoms with van der Waals surface area (Å²) in [6.07, 6.45) is 3.35. The van der Waals surface area contributed by atoms with Gasteiger partial charge >= 0.3 is 5.97 Å². The fourth-order valence-electron chi connectivity index (χ4n) is 1.30. The first kappa shape index (κ1) is 9.70. The van der Waals surface area contributed by atoms with Gasteiger partial charge in [-0.2, -0.15) is 5.10 Å². The number of hydrogen-bond acceptors (Lipinski definition) is 3. The molecule has 0 aliphatic heterocycles. The number of aromatic nitrogens is 2. The van der Waals surface area contributed by atoms with Gasteiger partial charge in [-0.3, -0.25) is 9.48 Å². The quantitative estimate of drug-likeness (QED) is 0.734. The smallest absolute Gasteiger partial charge is 0.357 e. The highest BCUT2D eigenvalue weighted by Crippen LogP contribution is 2.19. The van der Waals surface area contributed by atoms with Crippen LogP contribution >= 0.6 is 0 Å². The minimum Gasteiger partial charge on any atom is -0.476 e. The van der Waals surface area contributed by atoms with E-state index in [1.165, 1.54) is 10.9 Å². The summed E-state index contributed by atoms with van der Waals surface area (Å²) in [7, 11) is 1.58. The van der Waals surface area contributed by atoms with Crippen molar-refractivity contribution in [2.45, 2.75) is 18.9 Å². The van der Waals surface area contributed by atoms with Crippen LogP contribution in [-0.2, 0) is 7.05 Å². The number of carboxylic acids is 1. The lowest BCUT2D eigenvalue weighted by Crippen LogP contribution is -2.26. The van der Waals surface area contributed by atoms with Crippen LogP contribution in [0, 0.1) is 0 Å². The molecule has 1 fully saturated rings. The Morgan fingerprint density at radius 3 is 2.80 bits per heavy atom. The van der Waals surface area contributed by atoms with E-state index < -0.39 is 5.97 Å². The van der Waals surface area contributed by atoms with Crippen molar-refractivity contribution in [3.63, 3.8) is 0 Å². The SMILES string of the molecule is Cn1cc(C(=O)NC2CC2)c(C(=O)O)n1. The first-order chi connectivity index (χ1) is 7.08. The van der Waals surface area contributed by atoms with Gasteiger partial charge in [0.2, 0.25) is 0 Å². The lowest BCUT2D eigenvalue weighted by molar-refractivity contribution is 0.0684. The maximum atomic E-state index is 11.6. The van der Waals surface area contributed by atoms with E-state index in [9.17, 15) is 9.59 Å². The Morgan fingerprint density at radius 2 is 2.27 bits per heavy atom. The molecule has 2 rings (SSSR count). The zero-order valence-electron chi connectivity index (χ0n) is 8.23. The normalized spacial score (nSPS) is 15.0. The third-order valence-corrected chi connectivity index (χ3v) is 2.19. The van der Waals surface area contributed by atoms with Crippen LogP contribution in [0.1, 0.15) is 33.7 Å². The molecule has 2 N–H and O–H groups in total. The Balaban J connectivity index is 2.24. The highest BCUT2D eigenvalue weighted by molar-refractivity contribution is 6.03. The largest absolute Gasteiger partial charge is 0.476 e. The van der Waals surface area contributed by atoms with Crippen molar-refractivity contribution < 1.29 is 14.7 Å². The number of amides is 1. The van der Waals surface area contributed by atoms with Gasteiger partial charge in [-0.05, 0) is 12.8 Å². The number of hydrogen-bond donors (Lipinski definition) is 2. The molecule has 1 heterocycles. The van der Waals surface area contributed by atoms with Crippen LogP contribution in [0.25, 0.3) is 0 Å². The van der Waals surface area contributed by atoms with Crippen molar-refractivity contribution >= 4 is 11.9 Å². The number of aromatic carboxylic acids is 1. The predicted molar refractivity (Wildman–Crippen MR) is 50.7 cm³/mol. The summed E-state index contributed by atoms with van der Waals surface area (Å²) in [5.74, 6) is -1.54. The predicted octanol–water partition coefficient (Wildman–Crippen LogP) is 0.0105. The average Bonchev–Trinajstić information content (AvgIpc) is 2.86. The second-order valence-electron chi connectivity index (χ2n) is 3.62. The number of nitrogens with zero attached hydrogens (tertiary/aromatic N) is 2. The Bertz CT molecular complexity index is 420. The first-order valence-electron chi connectivity index (χ1n) is 4.65. The Labute approximate surface area is 85.9 Å². The molecule has 0 aromatic carbocycles. The van der Waals surface area contributed by atoms with Crippen LogP contribution in [0.15, 0.2) is 6.20 Å². The summed E-state index contributed by atoms with van der Waals surface area (Å²) in [5.41, 5.74) is -0.0763. The standard InChI is InChI=1S/C9H11N3O3/c1-12-4-6(7(11-12)9(14)15)8(13)10-5-2-3-5/h4-5H,2-3H2,1H3,(H,10,13)(H,14,15). The molecule has 0 atom stereocenters. The molecule has 1 aromatic heterocycles. The maximum absolute atomic E-state index is 11.6. The Morgan fingerprint density at radius 1 is 1.60 bits per heavy atom. The van der Waals surface area contributed by atoms with Gasteiger partial charge in [-0.1, -0.05) is 0 Å². The number of nitrogens with one attached hydrogen (secondary N) is 1. The first-order valence-corrected chi connectivity index (χ1v) is 4.65. The van der Waals surface area contributed by atoms with Gasteiger partial charge in [0.1, 0.15) is 0 Å². The molecule has 1 aromatic rings. The Kier molecular flexibility index (Phi) is 2.18. The van der Waals surface area contributed by atoms with Gasteiger partial charge in [0.15, 0.2) is 5.69 Å². The number of aryl methyl sites for hydroxylation is 1. The summed E-state index contributed by atoms with van der Waals surface area (Å²) in [6.45, 7) is 0. The molecule has 15 heavy (non-hydrogen) atoms. The van der Waals surface area contributed by atoms with Gasteiger partial charge in [-0.15, -0.1) is 0 Å². The molecule has 0 unspecified atom stereocenters. The number of carbonyl (C=O) groups excluding carboxylic acids is 1. The molecule has 0 bridgehead atoms. The lowest BCUT2D eigenvalue weighted by atomic mass is 10.2. The third-order valence-electron chi connectivity index (χ3n) is 2.19. The molecule has 1 saturated carbocycles. The monoisotopic (exact) mass is 209 g/mol. The number of carbonyl (C=O) groups is 2. The fraction of sp³-hybridized carbons (Fsp3) is 0.444. The average molecular weight is 209 g/mol. The van der Waals surface area contributed by atoms with Crippen LogP contribution < -0.4 is 5.32 Å². The molecule has 0 radical (unpaired) electrons. The molecule has 1 aliphatic rings. The van der Waals surface area contributed by atoms with Crippen molar-refractivity contribution in [2.24, 2.45) is 7.05 Å². The van der Waals surface area contributed by atoms with E-state index in [0.717, 1.165) is 12.8 Å². The van der Waals surface area contributed by atoms with E-state index in [-0.39, 0.29) is 23.2 Å². The molecule has 6 heteroatoms. The second kappa shape index (κ2) is 3.38. The topological polar surface area (TPSA) is 84.2 Å². The van der Waals surface area contributed by atoms with Crippen LogP contribution in [-0.4, -0.2) is 32.8 Å². The van der Waals surface area contributed by atoms with E-state index in [1.54, 1.807) is 7.05 Å². The minimum atomic E-state index is -1.18. The van der Waals surface area contributed by atoms with E-state index in [0.29, 0.717) is 0 Å². The van der Waals surface area contributed by atoms with Gasteiger partial charge < -0.3 is 10.4 Å². The van der Waals surface area contributed by atoms with Crippen LogP contribution in [0.2, 0.25) is 0 Å². The van der Waals surface area contributed by atoms with E-state index in [4.69, 9.17) is 5.11 Å². The van der Waals surface area contributed by atoms with Crippen molar-refractivity contribution in [1.82, 2.24) is 15.1 Å². The van der Waals surface area contributed by atoms with Gasteiger partial charge in [-0.25, -0.2) is 4.79 Å². The van der Waals surface area contributed by atoms with Crippen molar-refractivity contribution in [2.75, 3.05) is 0 Å². The van der Waals surface area contributed by atoms with E-state index in [1.807, 2.05) is 0 Å². The summed E-state index contributed by atoms with van der Waals surface area (Å²) < 4.78 is 1.32. The summed E-state index contributed by atoms with van der Waals surface area (Å²) in [6, 6.07) is 0.208. The van der Waals surface area contributed by atoms with E-state index in [2.05, 4.69) is 10.4 Å². The van der Waals surface area contributed by atoms with Crippen LogP contribution in [0.3, 0.4) is 0 Å². The molecule has 1 aliphatic carbocycles. The molecule has 0 spiro atoms. The van der Waals surface area contributed by atoms with Gasteiger partial charge in [0, 0.05) is 19.3 Å². The zero-order valence-corrected chi connectivity index (χ0v) is 8.23. The summed E-state index contributed by atoms with van der Waals surface area (Å²) in [4.78, 5) is 22.4. The Hall–Kier alpha value is -1.85. The number of carboxylic acid groups (broad SMARTS) is 1. The molecular formula is C9H11N3O3. The second-order valence-corrected chi connectivity index (χ2v) is 3.62. The van der Waals surface area contributed by atoms with Gasteiger partial charge in [0.25, 0.3) is 5.91 Å². The zero-order chi connectivity index (χ0) is 11.0. The minimum absolute atomic E-state index is 0.122.